The van der Waals surface area contributed by atoms with Crippen molar-refractivity contribution in [2.24, 2.45) is 22.9 Å². The molecule has 0 saturated carbocycles. The molecule has 0 aliphatic rings. The monoisotopic (exact) mass is 1300 g/mol. The van der Waals surface area contributed by atoms with Crippen molar-refractivity contribution in [1.29, 1.82) is 0 Å². The number of nitrogens with zero attached hydrogens (tertiary/aromatic N) is 3. The predicted octanol–water partition coefficient (Wildman–Crippen LogP) is 6.89. The molecule has 0 saturated heterocycles. The first-order valence-corrected chi connectivity index (χ1v) is 26.9. The lowest BCUT2D eigenvalue weighted by atomic mass is 10.00. The van der Waals surface area contributed by atoms with E-state index >= 15 is 0 Å². The molecule has 3 heterocycles. The molecule has 13 N–H and O–H groups in total. The van der Waals surface area contributed by atoms with E-state index in [1.807, 2.05) is 0 Å². The van der Waals surface area contributed by atoms with Gasteiger partial charge in [0.1, 0.15) is 64.1 Å². The number of nitrogens with one attached hydrogen (secondary N) is 2. The number of halogens is 7. The molecule has 3 aromatic heterocycles. The molecule has 0 radical (unpaired) electrons. The van der Waals surface area contributed by atoms with E-state index < -0.39 is 107 Å². The Morgan fingerprint density at radius 2 is 0.772 bits per heavy atom. The molecule has 5 amide bonds. The number of oxazole rings is 3. The maximum atomic E-state index is 14.2. The van der Waals surface area contributed by atoms with E-state index in [1.54, 1.807) is 48.5 Å². The van der Waals surface area contributed by atoms with Gasteiger partial charge in [-0.05, 0) is 84.1 Å². The molecule has 0 fully saturated rings. The van der Waals surface area contributed by atoms with Crippen molar-refractivity contribution in [3.63, 3.8) is 0 Å². The van der Waals surface area contributed by atoms with Crippen molar-refractivity contribution in [3.05, 3.63) is 232 Å². The number of amides is 5. The van der Waals surface area contributed by atoms with Gasteiger partial charge in [0.15, 0.2) is 23.8 Å². The van der Waals surface area contributed by atoms with Crippen LogP contribution >= 0.6 is 12.4 Å². The predicted molar refractivity (Wildman–Crippen MR) is 320 cm³/mol. The van der Waals surface area contributed by atoms with Crippen LogP contribution in [-0.2, 0) is 38.4 Å². The molecular formula is C63H58ClF6N9O13. The molecule has 22 nitrogen and oxygen atoms in total. The Kier molecular flexibility index (Phi) is 25.9. The minimum atomic E-state index is -1.80. The Labute approximate surface area is 525 Å². The van der Waals surface area contributed by atoms with Crippen LogP contribution in [0.1, 0.15) is 66.0 Å². The number of carboxylic acid groups (broad SMARTS) is 1. The molecule has 0 aliphatic carbocycles. The van der Waals surface area contributed by atoms with Gasteiger partial charge in [0.2, 0.25) is 34.9 Å². The average Bonchev–Trinajstić information content (AvgIpc) is 1.82. The summed E-state index contributed by atoms with van der Waals surface area (Å²) in [5, 5.41) is 33.0. The second-order valence-corrected chi connectivity index (χ2v) is 19.6. The summed E-state index contributed by atoms with van der Waals surface area (Å²) in [5.41, 5.74) is 21.3. The highest BCUT2D eigenvalue weighted by Crippen LogP contribution is 2.30. The van der Waals surface area contributed by atoms with Crippen molar-refractivity contribution in [3.8, 4) is 33.8 Å². The lowest BCUT2D eigenvalue weighted by Crippen LogP contribution is -2.50. The fourth-order valence-corrected chi connectivity index (χ4v) is 8.55. The second kappa shape index (κ2) is 33.1. The number of hydrogen-bond acceptors (Lipinski definition) is 16. The molecule has 5 unspecified atom stereocenters. The summed E-state index contributed by atoms with van der Waals surface area (Å²) in [6, 6.07) is 30.9. The number of ketones is 1. The SMILES string of the molecule is Cc1nc(-c2ccccc2F)c(C(=O)NC(Cc2ccccc2F)C(=O)C(N)=O)o1.Cc1nc(-c2ccccc2F)c(C(=O)NC(Cc2ccccc2F)C(O)C(N)=O)o1.Cc1nc(-c2ccccc2F)c(C(=O)O)o1.Cl.NC(=O)C(O)C(N)Cc1ccccc1F. The van der Waals surface area contributed by atoms with E-state index in [2.05, 4.69) is 25.6 Å². The minimum absolute atomic E-state index is 0. The maximum absolute atomic E-state index is 14.2. The number of carboxylic acids is 1. The quantitative estimate of drug-likeness (QED) is 0.0277. The molecule has 29 heteroatoms. The third-order valence-corrected chi connectivity index (χ3v) is 12.9. The van der Waals surface area contributed by atoms with Crippen molar-refractivity contribution in [2.75, 3.05) is 0 Å². The molecule has 5 atom stereocenters. The van der Waals surface area contributed by atoms with Crippen LogP contribution in [0.2, 0.25) is 0 Å². The average molecular weight is 1300 g/mol. The summed E-state index contributed by atoms with van der Waals surface area (Å²) >= 11 is 0. The number of aliphatic hydroxyl groups is 2. The fourth-order valence-electron chi connectivity index (χ4n) is 8.55. The molecule has 92 heavy (non-hydrogen) atoms. The lowest BCUT2D eigenvalue weighted by molar-refractivity contribution is -0.137. The van der Waals surface area contributed by atoms with Gasteiger partial charge in [0, 0.05) is 49.9 Å². The fraction of sp³-hybridized carbons (Fsp3) is 0.175. The number of carbonyl (C=O) groups excluding carboxylic acids is 6. The highest BCUT2D eigenvalue weighted by molar-refractivity contribution is 6.38. The summed E-state index contributed by atoms with van der Waals surface area (Å²) in [6.45, 7) is 4.46. The largest absolute Gasteiger partial charge is 0.475 e. The third-order valence-electron chi connectivity index (χ3n) is 12.9. The van der Waals surface area contributed by atoms with Gasteiger partial charge in [-0.15, -0.1) is 12.4 Å². The normalized spacial score (nSPS) is 12.2. The number of rotatable bonds is 20. The Bertz CT molecular complexity index is 4110. The Hall–Kier alpha value is -10.8. The Balaban J connectivity index is 0.000000232. The molecular weight excluding hydrogens is 1240 g/mol. The van der Waals surface area contributed by atoms with Gasteiger partial charge < -0.3 is 62.1 Å². The van der Waals surface area contributed by atoms with Crippen LogP contribution in [-0.4, -0.2) is 102 Å². The van der Waals surface area contributed by atoms with E-state index in [-0.39, 0.29) is 112 Å². The smallest absolute Gasteiger partial charge is 0.374 e. The Morgan fingerprint density at radius 3 is 1.12 bits per heavy atom. The summed E-state index contributed by atoms with van der Waals surface area (Å²) in [4.78, 5) is 94.3. The highest BCUT2D eigenvalue weighted by Gasteiger charge is 2.33. The number of benzene rings is 6. The number of aromatic carboxylic acids is 1. The van der Waals surface area contributed by atoms with Gasteiger partial charge in [-0.2, -0.15) is 0 Å². The molecule has 9 rings (SSSR count). The molecule has 6 aromatic carbocycles. The van der Waals surface area contributed by atoms with Crippen LogP contribution in [0.15, 0.2) is 159 Å². The molecule has 482 valence electrons. The van der Waals surface area contributed by atoms with Crippen molar-refractivity contribution < 1.29 is 88.5 Å². The van der Waals surface area contributed by atoms with Crippen LogP contribution in [0.5, 0.6) is 0 Å². The zero-order chi connectivity index (χ0) is 66.8. The van der Waals surface area contributed by atoms with Crippen LogP contribution in [0.3, 0.4) is 0 Å². The summed E-state index contributed by atoms with van der Waals surface area (Å²) in [7, 11) is 0. The maximum Gasteiger partial charge on any atom is 0.374 e. The van der Waals surface area contributed by atoms with Crippen molar-refractivity contribution >= 4 is 53.7 Å². The molecule has 0 spiro atoms. The standard InChI is InChI=1S/C21H19F2N3O4.C21H17F2N3O4.C11H8FNO3.C10H13FN2O2.ClH/c2*1-11-25-17(13-7-3-5-9-15(13)23)19(30-11)21(29)26-16(18(27)20(24)28)10-12-6-2-4-8-14(12)22;1-6-13-9(10(16-6)11(14)15)7-4-2-3-5-8(7)12;11-7-4-2-1-3-6(7)5-8(12)9(14)10(13)15;/h2-9,16,18,27H,10H2,1H3,(H2,24,28)(H,26,29);2-9,16H,10H2,1H3,(H2,24,28)(H,26,29);2-5H,1H3,(H,14,15);1-4,8-9,14H,5,12H2,(H2,13,15);1H. The minimum Gasteiger partial charge on any atom is -0.475 e. The van der Waals surface area contributed by atoms with Gasteiger partial charge in [-0.25, -0.2) is 46.1 Å². The summed E-state index contributed by atoms with van der Waals surface area (Å²) < 4.78 is 98.6. The van der Waals surface area contributed by atoms with Gasteiger partial charge in [-0.3, -0.25) is 28.8 Å². The summed E-state index contributed by atoms with van der Waals surface area (Å²) in [6.07, 6.45) is -3.72. The third kappa shape index (κ3) is 19.1. The van der Waals surface area contributed by atoms with Crippen LogP contribution in [0.4, 0.5) is 26.3 Å². The molecule has 0 bridgehead atoms. The first-order chi connectivity index (χ1) is 43.2. The van der Waals surface area contributed by atoms with Gasteiger partial charge >= 0.3 is 5.97 Å². The van der Waals surface area contributed by atoms with Crippen LogP contribution in [0.25, 0.3) is 33.8 Å². The van der Waals surface area contributed by atoms with E-state index in [0.717, 1.165) is 0 Å². The Morgan fingerprint density at radius 1 is 0.457 bits per heavy atom. The topological polar surface area (TPSA) is 386 Å². The zero-order valence-corrected chi connectivity index (χ0v) is 49.4. The second-order valence-electron chi connectivity index (χ2n) is 19.6. The van der Waals surface area contributed by atoms with Gasteiger partial charge in [-0.1, -0.05) is 91.0 Å². The van der Waals surface area contributed by atoms with Crippen LogP contribution < -0.4 is 33.6 Å². The van der Waals surface area contributed by atoms with Crippen molar-refractivity contribution in [2.45, 2.75) is 70.4 Å². The van der Waals surface area contributed by atoms with Crippen molar-refractivity contribution in [1.82, 2.24) is 25.6 Å². The number of aliphatic hydroxyl groups excluding tert-OH is 2. The number of hydrogen-bond donors (Lipinski definition) is 9. The van der Waals surface area contributed by atoms with E-state index in [1.165, 1.54) is 118 Å². The number of nitrogens with two attached hydrogens (primary N) is 4. The first-order valence-electron chi connectivity index (χ1n) is 26.9. The van der Waals surface area contributed by atoms with E-state index in [9.17, 15) is 70.1 Å². The number of carbonyl (C=O) groups is 7. The number of Topliss-reactive ketones (excluding diaryl/α,β-unsaturated/α-hetero) is 1. The van der Waals surface area contributed by atoms with Gasteiger partial charge in [0.25, 0.3) is 17.7 Å². The van der Waals surface area contributed by atoms with Crippen LogP contribution in [0, 0.1) is 55.7 Å². The molecule has 0 aliphatic heterocycles. The van der Waals surface area contributed by atoms with E-state index in [4.69, 9.17) is 41.3 Å². The summed E-state index contributed by atoms with van der Waals surface area (Å²) in [5.74, 6) is -11.5. The lowest BCUT2D eigenvalue weighted by Gasteiger charge is -2.22. The molecule has 9 aromatic rings. The van der Waals surface area contributed by atoms with Gasteiger partial charge in [0.05, 0.1) is 6.04 Å². The number of aromatic nitrogens is 3. The number of primary amides is 3. The zero-order valence-electron chi connectivity index (χ0n) is 48.6. The van der Waals surface area contributed by atoms with E-state index in [0.29, 0.717) is 5.56 Å². The highest BCUT2D eigenvalue weighted by atomic mass is 35.5. The number of aryl methyl sites for hydroxylation is 3. The first kappa shape index (κ1) is 71.9.